The van der Waals surface area contributed by atoms with Gasteiger partial charge in [-0.15, -0.1) is 0 Å². The first kappa shape index (κ1) is 14.4. The molecule has 0 spiro atoms. The molecule has 1 aromatic carbocycles. The minimum absolute atomic E-state index is 0.00685. The molecule has 0 radical (unpaired) electrons. The van der Waals surface area contributed by atoms with Gasteiger partial charge >= 0.3 is 5.97 Å². The lowest BCUT2D eigenvalue weighted by molar-refractivity contribution is 0.0697. The molecule has 2 heterocycles. The molecule has 1 unspecified atom stereocenters. The summed E-state index contributed by atoms with van der Waals surface area (Å²) in [5.74, 6) is 0.363. The molecular formula is C16H19N3O3. The van der Waals surface area contributed by atoms with Crippen molar-refractivity contribution in [2.24, 2.45) is 0 Å². The van der Waals surface area contributed by atoms with Gasteiger partial charge in [0.2, 0.25) is 0 Å². The molecule has 1 aliphatic heterocycles. The van der Waals surface area contributed by atoms with E-state index >= 15 is 0 Å². The normalized spacial score (nSPS) is 19.1. The third-order valence-corrected chi connectivity index (χ3v) is 4.08. The predicted octanol–water partition coefficient (Wildman–Crippen LogP) is 2.88. The zero-order valence-electron chi connectivity index (χ0n) is 12.8. The van der Waals surface area contributed by atoms with Crippen LogP contribution in [0, 0.1) is 0 Å². The number of benzene rings is 1. The quantitative estimate of drug-likeness (QED) is 0.911. The number of ether oxygens (including phenoxy) is 1. The Kier molecular flexibility index (Phi) is 3.31. The lowest BCUT2D eigenvalue weighted by atomic mass is 9.89. The maximum atomic E-state index is 11.4. The number of carboxylic acids is 1. The number of hydrogen-bond donors (Lipinski definition) is 2. The molecule has 22 heavy (non-hydrogen) atoms. The van der Waals surface area contributed by atoms with Crippen LogP contribution in [0.4, 0.5) is 5.82 Å². The molecule has 1 aliphatic rings. The summed E-state index contributed by atoms with van der Waals surface area (Å²) in [6.07, 6.45) is 2.20. The highest BCUT2D eigenvalue weighted by Gasteiger charge is 2.36. The van der Waals surface area contributed by atoms with Crippen molar-refractivity contribution in [1.29, 1.82) is 0 Å². The van der Waals surface area contributed by atoms with Gasteiger partial charge in [0.15, 0.2) is 0 Å². The van der Waals surface area contributed by atoms with Crippen LogP contribution in [0.1, 0.15) is 42.2 Å². The minimum atomic E-state index is -0.976. The Balaban J connectivity index is 2.03. The predicted molar refractivity (Wildman–Crippen MR) is 82.5 cm³/mol. The van der Waals surface area contributed by atoms with E-state index in [1.54, 1.807) is 11.8 Å². The van der Waals surface area contributed by atoms with Gasteiger partial charge in [-0.1, -0.05) is 12.1 Å². The number of nitrogens with one attached hydrogen (secondary N) is 1. The van der Waals surface area contributed by atoms with Crippen LogP contribution in [-0.2, 0) is 5.54 Å². The van der Waals surface area contributed by atoms with Crippen molar-refractivity contribution in [3.8, 4) is 5.75 Å². The van der Waals surface area contributed by atoms with E-state index in [0.29, 0.717) is 5.82 Å². The van der Waals surface area contributed by atoms with Gasteiger partial charge in [-0.05, 0) is 38.0 Å². The van der Waals surface area contributed by atoms with E-state index in [2.05, 4.69) is 24.3 Å². The van der Waals surface area contributed by atoms with Gasteiger partial charge in [0.05, 0.1) is 24.9 Å². The summed E-state index contributed by atoms with van der Waals surface area (Å²) in [6, 6.07) is 7.83. The first-order valence-electron chi connectivity index (χ1n) is 7.14. The van der Waals surface area contributed by atoms with Gasteiger partial charge in [0, 0.05) is 0 Å². The van der Waals surface area contributed by atoms with E-state index in [-0.39, 0.29) is 17.1 Å². The average molecular weight is 301 g/mol. The van der Waals surface area contributed by atoms with E-state index in [4.69, 9.17) is 4.74 Å². The second-order valence-corrected chi connectivity index (χ2v) is 6.11. The number of rotatable bonds is 3. The SMILES string of the molecule is COc1cccc(C2CC(C)(C)n3ncc(C(=O)O)c3N2)c1. The Morgan fingerprint density at radius 2 is 2.27 bits per heavy atom. The molecule has 1 aromatic heterocycles. The smallest absolute Gasteiger partial charge is 0.341 e. The molecule has 6 nitrogen and oxygen atoms in total. The van der Waals surface area contributed by atoms with Crippen LogP contribution < -0.4 is 10.1 Å². The summed E-state index contributed by atoms with van der Waals surface area (Å²) < 4.78 is 7.03. The zero-order chi connectivity index (χ0) is 15.9. The summed E-state index contributed by atoms with van der Waals surface area (Å²) in [6.45, 7) is 4.12. The molecule has 3 rings (SSSR count). The summed E-state index contributed by atoms with van der Waals surface area (Å²) in [5.41, 5.74) is 0.985. The number of fused-ring (bicyclic) bond motifs is 1. The third kappa shape index (κ3) is 2.30. The van der Waals surface area contributed by atoms with E-state index in [1.165, 1.54) is 6.20 Å². The monoisotopic (exact) mass is 301 g/mol. The number of aromatic carboxylic acids is 1. The zero-order valence-corrected chi connectivity index (χ0v) is 12.8. The average Bonchev–Trinajstić information content (AvgIpc) is 2.92. The van der Waals surface area contributed by atoms with Crippen LogP contribution in [0.2, 0.25) is 0 Å². The Bertz CT molecular complexity index is 721. The third-order valence-electron chi connectivity index (χ3n) is 4.08. The first-order valence-corrected chi connectivity index (χ1v) is 7.14. The van der Waals surface area contributed by atoms with Gasteiger partial charge in [-0.25, -0.2) is 9.48 Å². The number of nitrogens with zero attached hydrogens (tertiary/aromatic N) is 2. The first-order chi connectivity index (χ1) is 10.4. The van der Waals surface area contributed by atoms with E-state index in [9.17, 15) is 9.90 Å². The fraction of sp³-hybridized carbons (Fsp3) is 0.375. The molecule has 1 atom stereocenters. The molecule has 2 aromatic rings. The number of carboxylic acid groups (broad SMARTS) is 1. The summed E-state index contributed by atoms with van der Waals surface area (Å²) in [5, 5.41) is 16.9. The molecule has 0 saturated carbocycles. The Hall–Kier alpha value is -2.50. The van der Waals surface area contributed by atoms with Gasteiger partial charge in [0.25, 0.3) is 0 Å². The Morgan fingerprint density at radius 3 is 2.95 bits per heavy atom. The largest absolute Gasteiger partial charge is 0.497 e. The second kappa shape index (κ2) is 5.05. The fourth-order valence-corrected chi connectivity index (χ4v) is 2.96. The van der Waals surface area contributed by atoms with Crippen molar-refractivity contribution in [3.63, 3.8) is 0 Å². The summed E-state index contributed by atoms with van der Waals surface area (Å²) in [7, 11) is 1.63. The fourth-order valence-electron chi connectivity index (χ4n) is 2.96. The number of hydrogen-bond acceptors (Lipinski definition) is 4. The number of aromatic nitrogens is 2. The van der Waals surface area contributed by atoms with E-state index < -0.39 is 5.97 Å². The van der Waals surface area contributed by atoms with Gasteiger partial charge in [-0.2, -0.15) is 5.10 Å². The lowest BCUT2D eigenvalue weighted by Gasteiger charge is -2.38. The number of methoxy groups -OCH3 is 1. The molecule has 2 N–H and O–H groups in total. The van der Waals surface area contributed by atoms with Crippen LogP contribution in [0.5, 0.6) is 5.75 Å². The molecule has 0 aliphatic carbocycles. The minimum Gasteiger partial charge on any atom is -0.497 e. The molecule has 0 amide bonds. The number of anilines is 1. The summed E-state index contributed by atoms with van der Waals surface area (Å²) in [4.78, 5) is 11.4. The van der Waals surface area contributed by atoms with Crippen LogP contribution in [0.3, 0.4) is 0 Å². The van der Waals surface area contributed by atoms with Crippen molar-refractivity contribution in [2.45, 2.75) is 31.8 Å². The van der Waals surface area contributed by atoms with Gasteiger partial charge in [-0.3, -0.25) is 0 Å². The molecular weight excluding hydrogens is 282 g/mol. The highest BCUT2D eigenvalue weighted by molar-refractivity contribution is 5.93. The van der Waals surface area contributed by atoms with Crippen molar-refractivity contribution >= 4 is 11.8 Å². The van der Waals surface area contributed by atoms with Crippen molar-refractivity contribution in [1.82, 2.24) is 9.78 Å². The van der Waals surface area contributed by atoms with Crippen LogP contribution in [0.15, 0.2) is 30.5 Å². The maximum Gasteiger partial charge on any atom is 0.341 e. The number of carbonyl (C=O) groups is 1. The van der Waals surface area contributed by atoms with Crippen molar-refractivity contribution < 1.29 is 14.6 Å². The summed E-state index contributed by atoms with van der Waals surface area (Å²) >= 11 is 0. The van der Waals surface area contributed by atoms with E-state index in [1.807, 2.05) is 24.3 Å². The molecule has 0 saturated heterocycles. The van der Waals surface area contributed by atoms with Gasteiger partial charge < -0.3 is 15.2 Å². The molecule has 6 heteroatoms. The van der Waals surface area contributed by atoms with Crippen LogP contribution in [-0.4, -0.2) is 28.0 Å². The van der Waals surface area contributed by atoms with Crippen molar-refractivity contribution in [3.05, 3.63) is 41.6 Å². The molecule has 0 fully saturated rings. The molecule has 0 bridgehead atoms. The van der Waals surface area contributed by atoms with E-state index in [0.717, 1.165) is 17.7 Å². The molecule has 116 valence electrons. The highest BCUT2D eigenvalue weighted by atomic mass is 16.5. The maximum absolute atomic E-state index is 11.4. The Morgan fingerprint density at radius 1 is 1.50 bits per heavy atom. The standard InChI is InChI=1S/C16H19N3O3/c1-16(2)8-13(10-5-4-6-11(7-10)22-3)18-14-12(15(20)21)9-17-19(14)16/h4-7,9,13,18H,8H2,1-3H3,(H,20,21). The second-order valence-electron chi connectivity index (χ2n) is 6.11. The topological polar surface area (TPSA) is 76.4 Å². The lowest BCUT2D eigenvalue weighted by Crippen LogP contribution is -2.38. The van der Waals surface area contributed by atoms with Crippen LogP contribution in [0.25, 0.3) is 0 Å². The highest BCUT2D eigenvalue weighted by Crippen LogP contribution is 2.40. The van der Waals surface area contributed by atoms with Crippen molar-refractivity contribution in [2.75, 3.05) is 12.4 Å². The van der Waals surface area contributed by atoms with Gasteiger partial charge in [0.1, 0.15) is 17.1 Å². The Labute approximate surface area is 128 Å². The van der Waals surface area contributed by atoms with Crippen LogP contribution >= 0.6 is 0 Å².